The van der Waals surface area contributed by atoms with E-state index in [1.165, 1.54) is 29.1 Å². The van der Waals surface area contributed by atoms with Crippen molar-refractivity contribution in [2.45, 2.75) is 39.7 Å². The van der Waals surface area contributed by atoms with Crippen molar-refractivity contribution in [1.29, 1.82) is 0 Å². The number of carbonyl (C=O) groups excluding carboxylic acids is 1. The molecule has 0 spiro atoms. The molecule has 1 aliphatic rings. The van der Waals surface area contributed by atoms with Gasteiger partial charge in [0.25, 0.3) is 5.91 Å². The Kier molecular flexibility index (Phi) is 7.26. The lowest BCUT2D eigenvalue weighted by atomic mass is 9.98. The Morgan fingerprint density at radius 2 is 1.68 bits per heavy atom. The lowest BCUT2D eigenvalue weighted by Crippen LogP contribution is -2.32. The number of anilines is 2. The standard InChI is InChI=1S/C24H33N3O3S/c1-5-27(31(4,29)30)23-12-8-21(9-13-23)24(28)25-19(3)20-6-10-22(11-7-20)26-16-14-18(2)15-17-26/h6-13,18-19H,5,14-17H2,1-4H3,(H,25,28)/t19-/m0/s1. The normalized spacial score (nSPS) is 16.1. The van der Waals surface area contributed by atoms with Gasteiger partial charge < -0.3 is 10.2 Å². The van der Waals surface area contributed by atoms with E-state index >= 15 is 0 Å². The zero-order valence-corrected chi connectivity index (χ0v) is 19.7. The van der Waals surface area contributed by atoms with Crippen LogP contribution in [0.2, 0.25) is 0 Å². The van der Waals surface area contributed by atoms with Gasteiger partial charge in [-0.1, -0.05) is 19.1 Å². The number of amides is 1. The van der Waals surface area contributed by atoms with E-state index in [9.17, 15) is 13.2 Å². The SMILES string of the molecule is CCN(c1ccc(C(=O)N[C@@H](C)c2ccc(N3CCC(C)CC3)cc2)cc1)S(C)(=O)=O. The van der Waals surface area contributed by atoms with Crippen LogP contribution in [0.3, 0.4) is 0 Å². The monoisotopic (exact) mass is 443 g/mol. The zero-order valence-electron chi connectivity index (χ0n) is 18.8. The summed E-state index contributed by atoms with van der Waals surface area (Å²) in [6, 6.07) is 14.9. The van der Waals surface area contributed by atoms with Gasteiger partial charge in [-0.25, -0.2) is 8.42 Å². The van der Waals surface area contributed by atoms with Crippen molar-refractivity contribution in [3.05, 3.63) is 59.7 Å². The molecule has 1 atom stereocenters. The Morgan fingerprint density at radius 1 is 1.10 bits per heavy atom. The molecule has 1 N–H and O–H groups in total. The molecule has 1 fully saturated rings. The molecule has 0 bridgehead atoms. The molecule has 0 aliphatic carbocycles. The largest absolute Gasteiger partial charge is 0.372 e. The van der Waals surface area contributed by atoms with Crippen LogP contribution in [0.15, 0.2) is 48.5 Å². The summed E-state index contributed by atoms with van der Waals surface area (Å²) in [6.45, 7) is 8.58. The first-order chi connectivity index (χ1) is 14.7. The summed E-state index contributed by atoms with van der Waals surface area (Å²) in [5.41, 5.74) is 3.33. The van der Waals surface area contributed by atoms with E-state index < -0.39 is 10.0 Å². The van der Waals surface area contributed by atoms with Crippen molar-refractivity contribution in [3.8, 4) is 0 Å². The van der Waals surface area contributed by atoms with Crippen molar-refractivity contribution in [2.24, 2.45) is 5.92 Å². The number of hydrogen-bond acceptors (Lipinski definition) is 4. The highest BCUT2D eigenvalue weighted by molar-refractivity contribution is 7.92. The lowest BCUT2D eigenvalue weighted by Gasteiger charge is -2.32. The fraction of sp³-hybridized carbons (Fsp3) is 0.458. The summed E-state index contributed by atoms with van der Waals surface area (Å²) in [6.07, 6.45) is 3.64. The van der Waals surface area contributed by atoms with Gasteiger partial charge in [-0.15, -0.1) is 0 Å². The molecule has 3 rings (SSSR count). The van der Waals surface area contributed by atoms with Gasteiger partial charge in [0.05, 0.1) is 18.0 Å². The summed E-state index contributed by atoms with van der Waals surface area (Å²) >= 11 is 0. The Morgan fingerprint density at radius 3 is 2.19 bits per heavy atom. The zero-order chi connectivity index (χ0) is 22.6. The molecule has 2 aromatic carbocycles. The quantitative estimate of drug-likeness (QED) is 0.696. The first-order valence-electron chi connectivity index (χ1n) is 10.9. The second kappa shape index (κ2) is 9.73. The molecule has 6 nitrogen and oxygen atoms in total. The summed E-state index contributed by atoms with van der Waals surface area (Å²) < 4.78 is 25.0. The second-order valence-corrected chi connectivity index (χ2v) is 10.3. The molecule has 0 unspecified atom stereocenters. The molecule has 168 valence electrons. The number of carbonyl (C=O) groups is 1. The molecule has 1 heterocycles. The van der Waals surface area contributed by atoms with E-state index in [-0.39, 0.29) is 11.9 Å². The van der Waals surface area contributed by atoms with Gasteiger partial charge in [-0.2, -0.15) is 0 Å². The van der Waals surface area contributed by atoms with Gasteiger partial charge in [-0.05, 0) is 74.6 Å². The summed E-state index contributed by atoms with van der Waals surface area (Å²) in [5.74, 6) is 0.617. The van der Waals surface area contributed by atoms with E-state index in [2.05, 4.69) is 41.4 Å². The fourth-order valence-corrected chi connectivity index (χ4v) is 4.97. The van der Waals surface area contributed by atoms with Gasteiger partial charge in [-0.3, -0.25) is 9.10 Å². The van der Waals surface area contributed by atoms with Gasteiger partial charge >= 0.3 is 0 Å². The van der Waals surface area contributed by atoms with Gasteiger partial charge in [0, 0.05) is 30.9 Å². The lowest BCUT2D eigenvalue weighted by molar-refractivity contribution is 0.0940. The molecule has 1 aliphatic heterocycles. The van der Waals surface area contributed by atoms with Gasteiger partial charge in [0.1, 0.15) is 0 Å². The number of piperidine rings is 1. The Labute approximate surface area is 186 Å². The maximum Gasteiger partial charge on any atom is 0.251 e. The van der Waals surface area contributed by atoms with E-state index in [1.54, 1.807) is 31.2 Å². The maximum atomic E-state index is 12.7. The molecule has 31 heavy (non-hydrogen) atoms. The van der Waals surface area contributed by atoms with Crippen molar-refractivity contribution >= 4 is 27.3 Å². The molecule has 0 aromatic heterocycles. The molecular formula is C24H33N3O3S. The molecule has 7 heteroatoms. The smallest absolute Gasteiger partial charge is 0.251 e. The minimum Gasteiger partial charge on any atom is -0.372 e. The number of nitrogens with one attached hydrogen (secondary N) is 1. The van der Waals surface area contributed by atoms with Crippen molar-refractivity contribution in [3.63, 3.8) is 0 Å². The third-order valence-electron chi connectivity index (χ3n) is 5.99. The van der Waals surface area contributed by atoms with Crippen LogP contribution in [-0.2, 0) is 10.0 Å². The number of nitrogens with zero attached hydrogens (tertiary/aromatic N) is 2. The maximum absolute atomic E-state index is 12.7. The molecular weight excluding hydrogens is 410 g/mol. The third kappa shape index (κ3) is 5.79. The molecule has 2 aromatic rings. The van der Waals surface area contributed by atoms with Gasteiger partial charge in [0.15, 0.2) is 0 Å². The van der Waals surface area contributed by atoms with Crippen LogP contribution in [0.1, 0.15) is 55.6 Å². The molecule has 0 radical (unpaired) electrons. The Hall–Kier alpha value is -2.54. The number of hydrogen-bond donors (Lipinski definition) is 1. The second-order valence-electron chi connectivity index (χ2n) is 8.43. The number of sulfonamides is 1. The van der Waals surface area contributed by atoms with Crippen LogP contribution in [0.4, 0.5) is 11.4 Å². The highest BCUT2D eigenvalue weighted by atomic mass is 32.2. The van der Waals surface area contributed by atoms with Crippen LogP contribution in [-0.4, -0.2) is 40.2 Å². The summed E-state index contributed by atoms with van der Waals surface area (Å²) in [5, 5.41) is 3.03. The molecule has 1 saturated heterocycles. The van der Waals surface area contributed by atoms with Crippen molar-refractivity contribution < 1.29 is 13.2 Å². The van der Waals surface area contributed by atoms with Crippen molar-refractivity contribution in [1.82, 2.24) is 5.32 Å². The van der Waals surface area contributed by atoms with Crippen LogP contribution >= 0.6 is 0 Å². The average molecular weight is 444 g/mol. The molecule has 0 saturated carbocycles. The predicted molar refractivity (Wildman–Crippen MR) is 127 cm³/mol. The van der Waals surface area contributed by atoms with Crippen LogP contribution in [0, 0.1) is 5.92 Å². The van der Waals surface area contributed by atoms with Crippen LogP contribution in [0.5, 0.6) is 0 Å². The number of benzene rings is 2. The van der Waals surface area contributed by atoms with E-state index in [0.717, 1.165) is 24.6 Å². The average Bonchev–Trinajstić information content (AvgIpc) is 2.74. The Bertz CT molecular complexity index is 980. The minimum absolute atomic E-state index is 0.134. The first kappa shape index (κ1) is 23.1. The van der Waals surface area contributed by atoms with Gasteiger partial charge in [0.2, 0.25) is 10.0 Å². The third-order valence-corrected chi connectivity index (χ3v) is 7.26. The Balaban J connectivity index is 1.62. The summed E-state index contributed by atoms with van der Waals surface area (Å²) in [4.78, 5) is 15.1. The molecule has 1 amide bonds. The minimum atomic E-state index is -3.34. The van der Waals surface area contributed by atoms with E-state index in [1.807, 2.05) is 6.92 Å². The van der Waals surface area contributed by atoms with E-state index in [4.69, 9.17) is 0 Å². The van der Waals surface area contributed by atoms with Crippen LogP contribution in [0.25, 0.3) is 0 Å². The summed E-state index contributed by atoms with van der Waals surface area (Å²) in [7, 11) is -3.34. The fourth-order valence-electron chi connectivity index (χ4n) is 3.99. The number of rotatable bonds is 7. The van der Waals surface area contributed by atoms with Crippen LogP contribution < -0.4 is 14.5 Å². The van der Waals surface area contributed by atoms with E-state index in [0.29, 0.717) is 17.8 Å². The highest BCUT2D eigenvalue weighted by Gasteiger charge is 2.18. The predicted octanol–water partition coefficient (Wildman–Crippen LogP) is 4.20. The highest BCUT2D eigenvalue weighted by Crippen LogP contribution is 2.25. The first-order valence-corrected chi connectivity index (χ1v) is 12.8. The van der Waals surface area contributed by atoms with Crippen molar-refractivity contribution in [2.75, 3.05) is 35.1 Å². The topological polar surface area (TPSA) is 69.7 Å².